The predicted octanol–water partition coefficient (Wildman–Crippen LogP) is 1.83. The Labute approximate surface area is 94.2 Å². The third kappa shape index (κ3) is 4.13. The number of carbonyl (C=O) groups is 2. The summed E-state index contributed by atoms with van der Waals surface area (Å²) in [6, 6.07) is 6.70. The Morgan fingerprint density at radius 2 is 2.00 bits per heavy atom. The van der Waals surface area contributed by atoms with Crippen LogP contribution in [0.5, 0.6) is 5.75 Å². The van der Waals surface area contributed by atoms with Crippen LogP contribution in [0.4, 0.5) is 0 Å². The zero-order valence-electron chi connectivity index (χ0n) is 9.14. The van der Waals surface area contributed by atoms with Crippen molar-refractivity contribution in [3.63, 3.8) is 0 Å². The number of esters is 1. The first kappa shape index (κ1) is 12.2. The SMILES string of the molecule is CCOC(=O)CCOc1ccc(C=O)cc1. The second kappa shape index (κ2) is 6.61. The molecule has 0 unspecified atom stereocenters. The van der Waals surface area contributed by atoms with Crippen LogP contribution in [-0.4, -0.2) is 25.5 Å². The first-order valence-electron chi connectivity index (χ1n) is 5.10. The van der Waals surface area contributed by atoms with Crippen molar-refractivity contribution in [3.05, 3.63) is 29.8 Å². The molecule has 0 spiro atoms. The predicted molar refractivity (Wildman–Crippen MR) is 58.6 cm³/mol. The van der Waals surface area contributed by atoms with Crippen molar-refractivity contribution in [2.24, 2.45) is 0 Å². The highest BCUT2D eigenvalue weighted by Crippen LogP contribution is 2.11. The van der Waals surface area contributed by atoms with Crippen molar-refractivity contribution in [2.45, 2.75) is 13.3 Å². The second-order valence-electron chi connectivity index (χ2n) is 3.09. The van der Waals surface area contributed by atoms with Crippen LogP contribution in [0.1, 0.15) is 23.7 Å². The van der Waals surface area contributed by atoms with Crippen LogP contribution in [0.2, 0.25) is 0 Å². The summed E-state index contributed by atoms with van der Waals surface area (Å²) in [6.07, 6.45) is 0.992. The molecule has 0 aliphatic heterocycles. The Morgan fingerprint density at radius 3 is 2.56 bits per heavy atom. The van der Waals surface area contributed by atoms with E-state index in [0.717, 1.165) is 6.29 Å². The Kier molecular flexibility index (Phi) is 5.05. The summed E-state index contributed by atoms with van der Waals surface area (Å²) in [4.78, 5) is 21.4. The summed E-state index contributed by atoms with van der Waals surface area (Å²) in [5.41, 5.74) is 0.595. The van der Waals surface area contributed by atoms with Crippen LogP contribution in [-0.2, 0) is 9.53 Å². The third-order valence-corrected chi connectivity index (χ3v) is 1.90. The van der Waals surface area contributed by atoms with Crippen LogP contribution >= 0.6 is 0 Å². The lowest BCUT2D eigenvalue weighted by molar-refractivity contribution is -0.143. The van der Waals surface area contributed by atoms with Gasteiger partial charge in [-0.15, -0.1) is 0 Å². The van der Waals surface area contributed by atoms with Gasteiger partial charge in [-0.2, -0.15) is 0 Å². The van der Waals surface area contributed by atoms with Crippen molar-refractivity contribution in [1.82, 2.24) is 0 Å². The van der Waals surface area contributed by atoms with Gasteiger partial charge >= 0.3 is 5.97 Å². The van der Waals surface area contributed by atoms with Gasteiger partial charge in [0.2, 0.25) is 0 Å². The fourth-order valence-electron chi connectivity index (χ4n) is 1.13. The Morgan fingerprint density at radius 1 is 1.31 bits per heavy atom. The van der Waals surface area contributed by atoms with Crippen LogP contribution in [0.25, 0.3) is 0 Å². The van der Waals surface area contributed by atoms with Gasteiger partial charge in [0.05, 0.1) is 19.6 Å². The molecule has 0 heterocycles. The number of benzene rings is 1. The number of hydrogen-bond donors (Lipinski definition) is 0. The number of carbonyl (C=O) groups excluding carboxylic acids is 2. The zero-order chi connectivity index (χ0) is 11.8. The quantitative estimate of drug-likeness (QED) is 0.544. The third-order valence-electron chi connectivity index (χ3n) is 1.90. The van der Waals surface area contributed by atoms with Crippen LogP contribution in [0.3, 0.4) is 0 Å². The van der Waals surface area contributed by atoms with Gasteiger partial charge in [-0.3, -0.25) is 9.59 Å². The molecule has 0 aromatic heterocycles. The summed E-state index contributed by atoms with van der Waals surface area (Å²) in [5.74, 6) is 0.363. The monoisotopic (exact) mass is 222 g/mol. The van der Waals surface area contributed by atoms with Crippen LogP contribution < -0.4 is 4.74 Å². The molecule has 86 valence electrons. The second-order valence-corrected chi connectivity index (χ2v) is 3.09. The van der Waals surface area contributed by atoms with E-state index in [4.69, 9.17) is 9.47 Å². The molecular formula is C12H14O4. The van der Waals surface area contributed by atoms with E-state index < -0.39 is 0 Å². The van der Waals surface area contributed by atoms with Crippen molar-refractivity contribution in [1.29, 1.82) is 0 Å². The fraction of sp³-hybridized carbons (Fsp3) is 0.333. The van der Waals surface area contributed by atoms with Crippen LogP contribution in [0.15, 0.2) is 24.3 Å². The molecule has 0 fully saturated rings. The lowest BCUT2D eigenvalue weighted by atomic mass is 10.2. The number of aldehydes is 1. The van der Waals surface area contributed by atoms with E-state index >= 15 is 0 Å². The molecule has 0 bridgehead atoms. The Balaban J connectivity index is 2.31. The van der Waals surface area contributed by atoms with Crippen molar-refractivity contribution < 1.29 is 19.1 Å². The lowest BCUT2D eigenvalue weighted by Gasteiger charge is -2.05. The van der Waals surface area contributed by atoms with Gasteiger partial charge in [-0.25, -0.2) is 0 Å². The maximum absolute atomic E-state index is 11.0. The van der Waals surface area contributed by atoms with Crippen molar-refractivity contribution >= 4 is 12.3 Å². The van der Waals surface area contributed by atoms with E-state index in [-0.39, 0.29) is 19.0 Å². The highest BCUT2D eigenvalue weighted by molar-refractivity contribution is 5.74. The van der Waals surface area contributed by atoms with Gasteiger partial charge in [0.25, 0.3) is 0 Å². The van der Waals surface area contributed by atoms with E-state index in [1.807, 2.05) is 0 Å². The first-order chi connectivity index (χ1) is 7.76. The minimum Gasteiger partial charge on any atom is -0.493 e. The molecule has 0 atom stereocenters. The first-order valence-corrected chi connectivity index (χ1v) is 5.10. The Hall–Kier alpha value is -1.84. The normalized spacial score (nSPS) is 9.56. The maximum Gasteiger partial charge on any atom is 0.309 e. The van der Waals surface area contributed by atoms with Gasteiger partial charge in [0, 0.05) is 5.56 Å². The van der Waals surface area contributed by atoms with E-state index in [1.165, 1.54) is 0 Å². The van der Waals surface area contributed by atoms with Gasteiger partial charge < -0.3 is 9.47 Å². The van der Waals surface area contributed by atoms with E-state index in [9.17, 15) is 9.59 Å². The molecule has 0 amide bonds. The molecule has 0 aliphatic rings. The van der Waals surface area contributed by atoms with E-state index in [1.54, 1.807) is 31.2 Å². The largest absolute Gasteiger partial charge is 0.493 e. The van der Waals surface area contributed by atoms with E-state index in [2.05, 4.69) is 0 Å². The summed E-state index contributed by atoms with van der Waals surface area (Å²) in [7, 11) is 0. The number of rotatable bonds is 6. The summed E-state index contributed by atoms with van der Waals surface area (Å²) < 4.78 is 10.1. The molecule has 4 nitrogen and oxygen atoms in total. The average Bonchev–Trinajstić information content (AvgIpc) is 2.30. The van der Waals surface area contributed by atoms with E-state index in [0.29, 0.717) is 17.9 Å². The zero-order valence-corrected chi connectivity index (χ0v) is 9.14. The van der Waals surface area contributed by atoms with Gasteiger partial charge in [-0.1, -0.05) is 0 Å². The topological polar surface area (TPSA) is 52.6 Å². The molecule has 0 N–H and O–H groups in total. The smallest absolute Gasteiger partial charge is 0.309 e. The number of hydrogen-bond acceptors (Lipinski definition) is 4. The molecule has 0 saturated carbocycles. The molecule has 16 heavy (non-hydrogen) atoms. The minimum atomic E-state index is -0.271. The summed E-state index contributed by atoms with van der Waals surface area (Å²) >= 11 is 0. The minimum absolute atomic E-state index is 0.225. The van der Waals surface area contributed by atoms with Crippen molar-refractivity contribution in [2.75, 3.05) is 13.2 Å². The fourth-order valence-corrected chi connectivity index (χ4v) is 1.13. The molecular weight excluding hydrogens is 208 g/mol. The molecule has 0 radical (unpaired) electrons. The van der Waals surface area contributed by atoms with Gasteiger partial charge in [0.15, 0.2) is 0 Å². The summed E-state index contributed by atoms with van der Waals surface area (Å²) in [6.45, 7) is 2.42. The van der Waals surface area contributed by atoms with Crippen molar-refractivity contribution in [3.8, 4) is 5.75 Å². The molecule has 1 rings (SSSR count). The molecule has 0 aliphatic carbocycles. The molecule has 4 heteroatoms. The Bertz CT molecular complexity index is 343. The summed E-state index contributed by atoms with van der Waals surface area (Å²) in [5, 5.41) is 0. The molecule has 1 aromatic rings. The highest BCUT2D eigenvalue weighted by atomic mass is 16.5. The standard InChI is InChI=1S/C12H14O4/c1-2-15-12(14)7-8-16-11-5-3-10(9-13)4-6-11/h3-6,9H,2,7-8H2,1H3. The van der Waals surface area contributed by atoms with Crippen LogP contribution in [0, 0.1) is 0 Å². The van der Waals surface area contributed by atoms with Gasteiger partial charge in [0.1, 0.15) is 12.0 Å². The highest BCUT2D eigenvalue weighted by Gasteiger charge is 2.01. The average molecular weight is 222 g/mol. The molecule has 1 aromatic carbocycles. The maximum atomic E-state index is 11.0. The lowest BCUT2D eigenvalue weighted by Crippen LogP contribution is -2.09. The van der Waals surface area contributed by atoms with Gasteiger partial charge in [-0.05, 0) is 31.2 Å². The number of ether oxygens (including phenoxy) is 2. The molecule has 0 saturated heterocycles.